The zero-order valence-corrected chi connectivity index (χ0v) is 21.6. The molecule has 6 nitrogen and oxygen atoms in total. The van der Waals surface area contributed by atoms with Crippen molar-refractivity contribution < 1.29 is 9.59 Å². The van der Waals surface area contributed by atoms with Gasteiger partial charge in [-0.05, 0) is 102 Å². The van der Waals surface area contributed by atoms with Gasteiger partial charge in [0.05, 0.1) is 4.88 Å². The highest BCUT2D eigenvalue weighted by Gasteiger charge is 2.42. The van der Waals surface area contributed by atoms with Crippen molar-refractivity contribution in [3.63, 3.8) is 0 Å². The smallest absolute Gasteiger partial charge is 0.263 e. The van der Waals surface area contributed by atoms with E-state index in [-0.39, 0.29) is 11.8 Å². The summed E-state index contributed by atoms with van der Waals surface area (Å²) >= 11 is 7.49. The van der Waals surface area contributed by atoms with Gasteiger partial charge in [-0.1, -0.05) is 17.7 Å². The van der Waals surface area contributed by atoms with Gasteiger partial charge in [0.2, 0.25) is 0 Å². The minimum absolute atomic E-state index is 0.0353. The third-order valence-electron chi connectivity index (χ3n) is 7.63. The van der Waals surface area contributed by atoms with Crippen molar-refractivity contribution in [2.45, 2.75) is 38.3 Å². The van der Waals surface area contributed by atoms with Crippen LogP contribution in [0.5, 0.6) is 0 Å². The fraction of sp³-hybridized carbons (Fsp3) is 0.600. The zero-order valence-electron chi connectivity index (χ0n) is 20.1. The number of amides is 2. The first kappa shape index (κ1) is 24.5. The van der Waals surface area contributed by atoms with E-state index < -0.39 is 5.66 Å². The summed E-state index contributed by atoms with van der Waals surface area (Å²) in [4.78, 5) is 33.5. The van der Waals surface area contributed by atoms with Crippen LogP contribution in [0, 0.1) is 11.8 Å². The molecule has 33 heavy (non-hydrogen) atoms. The van der Waals surface area contributed by atoms with Crippen LogP contribution in [0.4, 0.5) is 0 Å². The molecule has 1 aromatic heterocycles. The molecule has 3 heterocycles. The maximum absolute atomic E-state index is 13.6. The largest absolute Gasteiger partial charge is 0.339 e. The highest BCUT2D eigenvalue weighted by Crippen LogP contribution is 2.33. The van der Waals surface area contributed by atoms with Crippen LogP contribution >= 0.6 is 22.9 Å². The molecule has 2 amide bonds. The van der Waals surface area contributed by atoms with Crippen LogP contribution in [0.2, 0.25) is 5.02 Å². The zero-order chi connectivity index (χ0) is 23.8. The predicted octanol–water partition coefficient (Wildman–Crippen LogP) is 4.14. The maximum atomic E-state index is 13.6. The molecule has 4 rings (SSSR count). The fourth-order valence-corrected chi connectivity index (χ4v) is 6.37. The lowest BCUT2D eigenvalue weighted by Gasteiger charge is -2.43. The molecule has 2 aliphatic heterocycles. The molecular weight excluding hydrogens is 456 g/mol. The molecule has 0 unspecified atom stereocenters. The molecule has 0 radical (unpaired) electrons. The predicted molar refractivity (Wildman–Crippen MR) is 136 cm³/mol. The molecule has 0 bridgehead atoms. The molecule has 2 fully saturated rings. The molecular formula is C25H35ClN4O2S. The molecule has 1 aromatic carbocycles. The van der Waals surface area contributed by atoms with E-state index in [9.17, 15) is 9.59 Å². The number of likely N-dealkylation sites (tertiary alicyclic amines) is 2. The van der Waals surface area contributed by atoms with Crippen molar-refractivity contribution in [3.8, 4) is 0 Å². The van der Waals surface area contributed by atoms with Gasteiger partial charge in [0.25, 0.3) is 11.8 Å². The summed E-state index contributed by atoms with van der Waals surface area (Å²) in [5, 5.41) is 4.65. The Balaban J connectivity index is 1.42. The van der Waals surface area contributed by atoms with Gasteiger partial charge in [-0.15, -0.1) is 11.3 Å². The van der Waals surface area contributed by atoms with Crippen LogP contribution in [0.15, 0.2) is 24.3 Å². The lowest BCUT2D eigenvalue weighted by molar-refractivity contribution is -0.145. The first-order chi connectivity index (χ1) is 15.7. The quantitative estimate of drug-likeness (QED) is 0.640. The van der Waals surface area contributed by atoms with Crippen LogP contribution in [-0.2, 0) is 4.79 Å². The molecule has 0 aliphatic carbocycles. The number of nitrogens with one attached hydrogen (secondary N) is 1. The van der Waals surface area contributed by atoms with E-state index in [1.54, 1.807) is 11.8 Å². The van der Waals surface area contributed by atoms with E-state index in [1.165, 1.54) is 37.3 Å². The van der Waals surface area contributed by atoms with Crippen molar-refractivity contribution in [3.05, 3.63) is 34.2 Å². The number of hydrogen-bond acceptors (Lipinski definition) is 5. The van der Waals surface area contributed by atoms with Crippen LogP contribution in [0.1, 0.15) is 42.3 Å². The Morgan fingerprint density at radius 1 is 1.06 bits per heavy atom. The fourth-order valence-electron chi connectivity index (χ4n) is 5.14. The normalized spacial score (nSPS) is 20.8. The van der Waals surface area contributed by atoms with E-state index in [0.29, 0.717) is 15.8 Å². The molecule has 2 aromatic rings. The molecule has 0 saturated carbocycles. The van der Waals surface area contributed by atoms with Gasteiger partial charge in [0.15, 0.2) is 5.66 Å². The maximum Gasteiger partial charge on any atom is 0.263 e. The molecule has 180 valence electrons. The highest BCUT2D eigenvalue weighted by atomic mass is 35.5. The Labute approximate surface area is 205 Å². The molecule has 1 N–H and O–H groups in total. The summed E-state index contributed by atoms with van der Waals surface area (Å²) < 4.78 is 0.960. The first-order valence-electron chi connectivity index (χ1n) is 11.8. The number of rotatable bonds is 5. The van der Waals surface area contributed by atoms with Gasteiger partial charge in [0, 0.05) is 22.8 Å². The van der Waals surface area contributed by atoms with Crippen molar-refractivity contribution in [1.29, 1.82) is 0 Å². The molecule has 1 atom stereocenters. The summed E-state index contributed by atoms with van der Waals surface area (Å²) in [5.74, 6) is 1.21. The molecule has 2 saturated heterocycles. The van der Waals surface area contributed by atoms with Crippen molar-refractivity contribution in [2.75, 3.05) is 47.3 Å². The minimum Gasteiger partial charge on any atom is -0.339 e. The van der Waals surface area contributed by atoms with Crippen LogP contribution < -0.4 is 5.32 Å². The average molecular weight is 491 g/mol. The molecule has 0 spiro atoms. The van der Waals surface area contributed by atoms with Crippen LogP contribution in [-0.4, -0.2) is 79.5 Å². The molecule has 2 aliphatic rings. The topological polar surface area (TPSA) is 55.9 Å². The van der Waals surface area contributed by atoms with E-state index in [1.807, 2.05) is 43.3 Å². The second kappa shape index (κ2) is 9.90. The molecule has 8 heteroatoms. The van der Waals surface area contributed by atoms with Gasteiger partial charge in [-0.3, -0.25) is 14.5 Å². The van der Waals surface area contributed by atoms with Crippen LogP contribution in [0.25, 0.3) is 10.1 Å². The number of hydrogen-bond donors (Lipinski definition) is 1. The number of carbonyl (C=O) groups is 2. The Morgan fingerprint density at radius 3 is 2.27 bits per heavy atom. The number of fused-ring (bicyclic) bond motifs is 1. The Morgan fingerprint density at radius 2 is 1.67 bits per heavy atom. The van der Waals surface area contributed by atoms with Gasteiger partial charge in [0.1, 0.15) is 0 Å². The van der Waals surface area contributed by atoms with Crippen molar-refractivity contribution >= 4 is 44.8 Å². The van der Waals surface area contributed by atoms with Crippen molar-refractivity contribution in [2.24, 2.45) is 11.8 Å². The Bertz CT molecular complexity index is 1010. The van der Waals surface area contributed by atoms with Gasteiger partial charge < -0.3 is 15.1 Å². The third-order valence-corrected chi connectivity index (χ3v) is 8.96. The number of likely N-dealkylation sites (N-methyl/N-ethyl adjacent to an activating group) is 1. The monoisotopic (exact) mass is 490 g/mol. The van der Waals surface area contributed by atoms with E-state index >= 15 is 0 Å². The van der Waals surface area contributed by atoms with E-state index in [0.717, 1.165) is 41.9 Å². The SMILES string of the molecule is CN1CCC(C2CCN(C(=O)[C@@](C)(NC(=O)c3cc4ccc(Cl)cc4s3)N(C)C)CC2)CC1. The summed E-state index contributed by atoms with van der Waals surface area (Å²) in [6, 6.07) is 7.46. The van der Waals surface area contributed by atoms with E-state index in [2.05, 4.69) is 17.3 Å². The minimum atomic E-state index is -1.11. The van der Waals surface area contributed by atoms with Gasteiger partial charge in [-0.25, -0.2) is 0 Å². The average Bonchev–Trinajstić information content (AvgIpc) is 3.22. The Kier molecular flexibility index (Phi) is 7.34. The third kappa shape index (κ3) is 5.21. The number of carbonyl (C=O) groups excluding carboxylic acids is 2. The lowest BCUT2D eigenvalue weighted by atomic mass is 9.78. The summed E-state index contributed by atoms with van der Waals surface area (Å²) in [7, 11) is 5.88. The number of benzene rings is 1. The second-order valence-electron chi connectivity index (χ2n) is 9.98. The highest BCUT2D eigenvalue weighted by molar-refractivity contribution is 7.20. The lowest BCUT2D eigenvalue weighted by Crippen LogP contribution is -2.65. The summed E-state index contributed by atoms with van der Waals surface area (Å²) in [6.07, 6.45) is 4.63. The number of halogens is 1. The first-order valence-corrected chi connectivity index (χ1v) is 13.0. The van der Waals surface area contributed by atoms with Gasteiger partial charge >= 0.3 is 0 Å². The Hall–Kier alpha value is -1.67. The van der Waals surface area contributed by atoms with E-state index in [4.69, 9.17) is 11.6 Å². The van der Waals surface area contributed by atoms with Crippen LogP contribution in [0.3, 0.4) is 0 Å². The number of piperidine rings is 2. The number of thiophene rings is 1. The van der Waals surface area contributed by atoms with Gasteiger partial charge in [-0.2, -0.15) is 0 Å². The number of nitrogens with zero attached hydrogens (tertiary/aromatic N) is 3. The second-order valence-corrected chi connectivity index (χ2v) is 11.5. The standard InChI is InChI=1S/C25H35ClN4O2S/c1-25(28(2)3,27-23(31)22-15-19-5-6-20(26)16-21(19)33-22)24(32)30-13-9-18(10-14-30)17-7-11-29(4)12-8-17/h5-6,15-18H,7-14H2,1-4H3,(H,27,31)/t25-/m0/s1. The van der Waals surface area contributed by atoms with Crippen molar-refractivity contribution in [1.82, 2.24) is 20.0 Å². The summed E-state index contributed by atoms with van der Waals surface area (Å²) in [5.41, 5.74) is -1.11. The summed E-state index contributed by atoms with van der Waals surface area (Å²) in [6.45, 7) is 5.69.